The van der Waals surface area contributed by atoms with Crippen LogP contribution in [0.2, 0.25) is 0 Å². The Labute approximate surface area is 144 Å². The third kappa shape index (κ3) is 3.80. The van der Waals surface area contributed by atoms with Crippen LogP contribution in [0.4, 0.5) is 5.13 Å². The topological polar surface area (TPSA) is 92.3 Å². The molecular formula is C15H18N4O3S2. The number of aromatic nitrogens is 2. The van der Waals surface area contributed by atoms with Gasteiger partial charge in [0.15, 0.2) is 5.13 Å². The monoisotopic (exact) mass is 366 g/mol. The molecule has 0 bridgehead atoms. The molecule has 0 unspecified atom stereocenters. The van der Waals surface area contributed by atoms with Crippen LogP contribution < -0.4 is 5.32 Å². The van der Waals surface area contributed by atoms with Crippen LogP contribution in [0.3, 0.4) is 0 Å². The molecule has 3 heterocycles. The van der Waals surface area contributed by atoms with Crippen molar-refractivity contribution < 1.29 is 13.2 Å². The molecule has 1 N–H and O–H groups in total. The number of hydrogen-bond donors (Lipinski definition) is 1. The lowest BCUT2D eigenvalue weighted by atomic mass is 10.0. The Morgan fingerprint density at radius 2 is 2.17 bits per heavy atom. The molecule has 0 aromatic carbocycles. The molecule has 0 aliphatic carbocycles. The molecule has 1 fully saturated rings. The lowest BCUT2D eigenvalue weighted by molar-refractivity contribution is -0.120. The van der Waals surface area contributed by atoms with Gasteiger partial charge in [-0.3, -0.25) is 9.78 Å². The molecule has 0 saturated carbocycles. The molecule has 1 aliphatic rings. The van der Waals surface area contributed by atoms with Gasteiger partial charge < -0.3 is 5.32 Å². The van der Waals surface area contributed by atoms with Gasteiger partial charge in [0.1, 0.15) is 11.7 Å². The van der Waals surface area contributed by atoms with Gasteiger partial charge in [-0.2, -0.15) is 4.31 Å². The summed E-state index contributed by atoms with van der Waals surface area (Å²) in [5.41, 5.74) is 1.41. The lowest BCUT2D eigenvalue weighted by Gasteiger charge is -2.32. The highest BCUT2D eigenvalue weighted by atomic mass is 32.2. The minimum absolute atomic E-state index is 0.331. The van der Waals surface area contributed by atoms with Crippen molar-refractivity contribution in [2.45, 2.75) is 25.3 Å². The number of anilines is 1. The number of nitrogens with zero attached hydrogens (tertiary/aromatic N) is 3. The second kappa shape index (κ2) is 6.96. The number of hydrogen-bond acceptors (Lipinski definition) is 6. The van der Waals surface area contributed by atoms with Crippen molar-refractivity contribution in [3.63, 3.8) is 0 Å². The SMILES string of the molecule is CS(=O)(=O)N1CCCC[C@H]1C(=O)Nc1nc(-c2ccccn2)cs1. The minimum Gasteiger partial charge on any atom is -0.301 e. The standard InChI is InChI=1S/C15H18N4O3S2/c1-24(21,22)19-9-5-3-7-13(19)14(20)18-15-17-12(10-23-15)11-6-2-4-8-16-11/h2,4,6,8,10,13H,3,5,7,9H2,1H3,(H,17,18,20)/t13-/m0/s1. The number of carbonyl (C=O) groups excluding carboxylic acids is 1. The number of nitrogens with one attached hydrogen (secondary N) is 1. The fourth-order valence-electron chi connectivity index (χ4n) is 2.72. The third-order valence-electron chi connectivity index (χ3n) is 3.84. The second-order valence-electron chi connectivity index (χ2n) is 5.63. The highest BCUT2D eigenvalue weighted by Gasteiger charge is 2.34. The zero-order valence-electron chi connectivity index (χ0n) is 13.2. The highest BCUT2D eigenvalue weighted by Crippen LogP contribution is 2.25. The van der Waals surface area contributed by atoms with Gasteiger partial charge in [0.2, 0.25) is 15.9 Å². The van der Waals surface area contributed by atoms with E-state index in [-0.39, 0.29) is 5.91 Å². The van der Waals surface area contributed by atoms with Crippen molar-refractivity contribution in [1.29, 1.82) is 0 Å². The number of pyridine rings is 1. The predicted molar refractivity (Wildman–Crippen MR) is 93.2 cm³/mol. The Balaban J connectivity index is 1.74. The van der Waals surface area contributed by atoms with Crippen molar-refractivity contribution in [3.8, 4) is 11.4 Å². The Bertz CT molecular complexity index is 820. The first-order chi connectivity index (χ1) is 11.4. The van der Waals surface area contributed by atoms with E-state index < -0.39 is 16.1 Å². The van der Waals surface area contributed by atoms with E-state index in [4.69, 9.17) is 0 Å². The molecule has 0 spiro atoms. The molecule has 7 nitrogen and oxygen atoms in total. The molecule has 3 rings (SSSR count). The number of thiazole rings is 1. The summed E-state index contributed by atoms with van der Waals surface area (Å²) in [7, 11) is -3.40. The summed E-state index contributed by atoms with van der Waals surface area (Å²) >= 11 is 1.29. The van der Waals surface area contributed by atoms with E-state index in [2.05, 4.69) is 15.3 Å². The van der Waals surface area contributed by atoms with Crippen molar-refractivity contribution in [2.24, 2.45) is 0 Å². The average Bonchev–Trinajstić information content (AvgIpc) is 3.03. The fraction of sp³-hybridized carbons (Fsp3) is 0.400. The Morgan fingerprint density at radius 3 is 2.88 bits per heavy atom. The summed E-state index contributed by atoms with van der Waals surface area (Å²) in [5, 5.41) is 5.00. The molecule has 1 amide bonds. The molecule has 0 radical (unpaired) electrons. The number of carbonyl (C=O) groups is 1. The van der Waals surface area contributed by atoms with E-state index in [0.29, 0.717) is 23.8 Å². The van der Waals surface area contributed by atoms with E-state index in [1.165, 1.54) is 15.6 Å². The summed E-state index contributed by atoms with van der Waals surface area (Å²) in [6.07, 6.45) is 4.95. The minimum atomic E-state index is -3.40. The van der Waals surface area contributed by atoms with Crippen molar-refractivity contribution in [2.75, 3.05) is 18.1 Å². The molecule has 1 saturated heterocycles. The van der Waals surface area contributed by atoms with Crippen LogP contribution in [0.15, 0.2) is 29.8 Å². The van der Waals surface area contributed by atoms with E-state index in [0.717, 1.165) is 24.8 Å². The molecule has 1 aliphatic heterocycles. The van der Waals surface area contributed by atoms with Gasteiger partial charge in [-0.15, -0.1) is 11.3 Å². The number of amides is 1. The highest BCUT2D eigenvalue weighted by molar-refractivity contribution is 7.88. The fourth-order valence-corrected chi connectivity index (χ4v) is 4.55. The maximum Gasteiger partial charge on any atom is 0.244 e. The number of rotatable bonds is 4. The number of sulfonamides is 1. The first-order valence-electron chi connectivity index (χ1n) is 7.60. The predicted octanol–water partition coefficient (Wildman–Crippen LogP) is 1.96. The van der Waals surface area contributed by atoms with E-state index in [1.54, 1.807) is 6.20 Å². The molecule has 24 heavy (non-hydrogen) atoms. The average molecular weight is 366 g/mol. The Hall–Kier alpha value is -1.84. The molecular weight excluding hydrogens is 348 g/mol. The molecule has 9 heteroatoms. The second-order valence-corrected chi connectivity index (χ2v) is 8.42. The maximum absolute atomic E-state index is 12.5. The van der Waals surface area contributed by atoms with Crippen LogP contribution >= 0.6 is 11.3 Å². The van der Waals surface area contributed by atoms with Gasteiger partial charge in [0, 0.05) is 18.1 Å². The Morgan fingerprint density at radius 1 is 1.33 bits per heavy atom. The van der Waals surface area contributed by atoms with Crippen LogP contribution in [0.5, 0.6) is 0 Å². The lowest BCUT2D eigenvalue weighted by Crippen LogP contribution is -2.49. The van der Waals surface area contributed by atoms with Gasteiger partial charge in [-0.05, 0) is 25.0 Å². The molecule has 128 valence electrons. The van der Waals surface area contributed by atoms with Gasteiger partial charge >= 0.3 is 0 Å². The maximum atomic E-state index is 12.5. The summed E-state index contributed by atoms with van der Waals surface area (Å²) < 4.78 is 25.0. The van der Waals surface area contributed by atoms with Crippen LogP contribution in [0.25, 0.3) is 11.4 Å². The first kappa shape index (κ1) is 17.0. The molecule has 2 aromatic rings. The van der Waals surface area contributed by atoms with E-state index in [1.807, 2.05) is 23.6 Å². The quantitative estimate of drug-likeness (QED) is 0.893. The van der Waals surface area contributed by atoms with E-state index >= 15 is 0 Å². The van der Waals surface area contributed by atoms with Gasteiger partial charge in [-0.1, -0.05) is 12.5 Å². The smallest absolute Gasteiger partial charge is 0.244 e. The Kier molecular flexibility index (Phi) is 4.93. The zero-order valence-corrected chi connectivity index (χ0v) is 14.8. The first-order valence-corrected chi connectivity index (χ1v) is 10.3. The van der Waals surface area contributed by atoms with Crippen LogP contribution in [0, 0.1) is 0 Å². The third-order valence-corrected chi connectivity index (χ3v) is 5.89. The summed E-state index contributed by atoms with van der Waals surface area (Å²) in [6, 6.07) is 4.86. The van der Waals surface area contributed by atoms with Crippen molar-refractivity contribution >= 4 is 32.4 Å². The largest absolute Gasteiger partial charge is 0.301 e. The normalized spacial score (nSPS) is 19.1. The van der Waals surface area contributed by atoms with Crippen molar-refractivity contribution in [1.82, 2.24) is 14.3 Å². The van der Waals surface area contributed by atoms with Crippen LogP contribution in [-0.2, 0) is 14.8 Å². The van der Waals surface area contributed by atoms with Gasteiger partial charge in [0.05, 0.1) is 11.9 Å². The zero-order chi connectivity index (χ0) is 17.2. The van der Waals surface area contributed by atoms with E-state index in [9.17, 15) is 13.2 Å². The summed E-state index contributed by atoms with van der Waals surface area (Å²) in [6.45, 7) is 0.383. The number of piperidine rings is 1. The van der Waals surface area contributed by atoms with Crippen LogP contribution in [0.1, 0.15) is 19.3 Å². The van der Waals surface area contributed by atoms with Crippen molar-refractivity contribution in [3.05, 3.63) is 29.8 Å². The van der Waals surface area contributed by atoms with Gasteiger partial charge in [-0.25, -0.2) is 13.4 Å². The molecule has 1 atom stereocenters. The summed E-state index contributed by atoms with van der Waals surface area (Å²) in [4.78, 5) is 21.1. The molecule has 2 aromatic heterocycles. The van der Waals surface area contributed by atoms with Gasteiger partial charge in [0.25, 0.3) is 0 Å². The summed E-state index contributed by atoms with van der Waals surface area (Å²) in [5.74, 6) is -0.331. The van der Waals surface area contributed by atoms with Crippen LogP contribution in [-0.4, -0.2) is 47.4 Å².